The average molecular weight is 383 g/mol. The molecule has 1 aliphatic heterocycles. The van der Waals surface area contributed by atoms with Crippen molar-refractivity contribution in [1.82, 2.24) is 9.80 Å². The van der Waals surface area contributed by atoms with Crippen LogP contribution in [0, 0.1) is 6.92 Å². The molecular weight excluding hydrogens is 354 g/mol. The molecule has 0 aromatic heterocycles. The molecule has 1 saturated heterocycles. The Labute approximate surface area is 167 Å². The summed E-state index contributed by atoms with van der Waals surface area (Å²) in [6.07, 6.45) is 0. The van der Waals surface area contributed by atoms with Crippen LogP contribution in [0.1, 0.15) is 11.1 Å². The fourth-order valence-corrected chi connectivity index (χ4v) is 3.39. The van der Waals surface area contributed by atoms with Crippen LogP contribution in [-0.2, 0) is 11.3 Å². The molecule has 0 atom stereocenters. The van der Waals surface area contributed by atoms with Gasteiger partial charge in [0.05, 0.1) is 20.8 Å². The van der Waals surface area contributed by atoms with Gasteiger partial charge in [0.25, 0.3) is 0 Å². The molecule has 3 rings (SSSR count). The second-order valence-electron chi connectivity index (χ2n) is 7.14. The minimum absolute atomic E-state index is 0.0340. The van der Waals surface area contributed by atoms with Gasteiger partial charge < -0.3 is 14.8 Å². The number of nitrogens with one attached hydrogen (secondary N) is 1. The standard InChI is InChI=1S/C22H29N3O3/c1-17-4-6-19(7-5-17)23-22(26)16-25-12-10-24(11-13-25)15-18-14-20(27-2)8-9-21(18)28-3/h4-9,14H,10-13,15-16H2,1-3H3,(H,23,26). The summed E-state index contributed by atoms with van der Waals surface area (Å²) in [6.45, 7) is 6.83. The van der Waals surface area contributed by atoms with Gasteiger partial charge in [0.1, 0.15) is 11.5 Å². The maximum absolute atomic E-state index is 12.3. The van der Waals surface area contributed by atoms with Gasteiger partial charge in [-0.2, -0.15) is 0 Å². The molecule has 1 fully saturated rings. The number of hydrogen-bond donors (Lipinski definition) is 1. The molecule has 0 bridgehead atoms. The summed E-state index contributed by atoms with van der Waals surface area (Å²) in [5.41, 5.74) is 3.15. The van der Waals surface area contributed by atoms with Crippen molar-refractivity contribution >= 4 is 11.6 Å². The molecule has 6 nitrogen and oxygen atoms in total. The van der Waals surface area contributed by atoms with Crippen molar-refractivity contribution in [3.63, 3.8) is 0 Å². The first-order chi connectivity index (χ1) is 13.6. The van der Waals surface area contributed by atoms with Gasteiger partial charge in [-0.15, -0.1) is 0 Å². The fourth-order valence-electron chi connectivity index (χ4n) is 3.39. The zero-order chi connectivity index (χ0) is 19.9. The van der Waals surface area contributed by atoms with E-state index in [1.165, 1.54) is 5.56 Å². The highest BCUT2D eigenvalue weighted by atomic mass is 16.5. The summed E-state index contributed by atoms with van der Waals surface area (Å²) in [5.74, 6) is 1.75. The van der Waals surface area contributed by atoms with Crippen LogP contribution in [0.5, 0.6) is 11.5 Å². The second-order valence-corrected chi connectivity index (χ2v) is 7.14. The summed E-state index contributed by atoms with van der Waals surface area (Å²) in [5, 5.41) is 2.97. The number of rotatable bonds is 7. The number of anilines is 1. The van der Waals surface area contributed by atoms with Crippen LogP contribution in [-0.4, -0.2) is 62.7 Å². The molecule has 28 heavy (non-hydrogen) atoms. The predicted molar refractivity (Wildman–Crippen MR) is 111 cm³/mol. The number of ether oxygens (including phenoxy) is 2. The SMILES string of the molecule is COc1ccc(OC)c(CN2CCN(CC(=O)Nc3ccc(C)cc3)CC2)c1. The van der Waals surface area contributed by atoms with Crippen LogP contribution in [0.2, 0.25) is 0 Å². The van der Waals surface area contributed by atoms with Gasteiger partial charge in [-0.3, -0.25) is 14.6 Å². The van der Waals surface area contributed by atoms with Gasteiger partial charge in [-0.25, -0.2) is 0 Å². The van der Waals surface area contributed by atoms with Gasteiger partial charge in [-0.1, -0.05) is 17.7 Å². The Balaban J connectivity index is 1.48. The van der Waals surface area contributed by atoms with Gasteiger partial charge in [0, 0.05) is 44.0 Å². The van der Waals surface area contributed by atoms with Gasteiger partial charge in [0.2, 0.25) is 5.91 Å². The lowest BCUT2D eigenvalue weighted by molar-refractivity contribution is -0.117. The number of carbonyl (C=O) groups excluding carboxylic acids is 1. The van der Waals surface area contributed by atoms with Gasteiger partial charge in [0.15, 0.2) is 0 Å². The predicted octanol–water partition coefficient (Wildman–Crippen LogP) is 2.77. The number of hydrogen-bond acceptors (Lipinski definition) is 5. The number of amides is 1. The molecule has 0 radical (unpaired) electrons. The molecule has 0 spiro atoms. The largest absolute Gasteiger partial charge is 0.497 e. The van der Waals surface area contributed by atoms with E-state index >= 15 is 0 Å². The van der Waals surface area contributed by atoms with Crippen molar-refractivity contribution < 1.29 is 14.3 Å². The molecule has 1 heterocycles. The Kier molecular flexibility index (Phi) is 6.90. The molecule has 6 heteroatoms. The normalized spacial score (nSPS) is 15.2. The van der Waals surface area contributed by atoms with Gasteiger partial charge >= 0.3 is 0 Å². The minimum atomic E-state index is 0.0340. The monoisotopic (exact) mass is 383 g/mol. The molecule has 1 N–H and O–H groups in total. The van der Waals surface area contributed by atoms with Crippen molar-refractivity contribution in [2.24, 2.45) is 0 Å². The maximum Gasteiger partial charge on any atom is 0.238 e. The van der Waals surface area contributed by atoms with Crippen molar-refractivity contribution in [3.8, 4) is 11.5 Å². The summed E-state index contributed by atoms with van der Waals surface area (Å²) in [4.78, 5) is 16.9. The Morgan fingerprint density at radius 1 is 0.964 bits per heavy atom. The van der Waals surface area contributed by atoms with E-state index in [2.05, 4.69) is 15.1 Å². The minimum Gasteiger partial charge on any atom is -0.497 e. The highest BCUT2D eigenvalue weighted by Crippen LogP contribution is 2.25. The van der Waals surface area contributed by atoms with Crippen LogP contribution < -0.4 is 14.8 Å². The number of benzene rings is 2. The number of aryl methyl sites for hydroxylation is 1. The van der Waals surface area contributed by atoms with Crippen LogP contribution in [0.4, 0.5) is 5.69 Å². The molecule has 2 aromatic carbocycles. The van der Waals surface area contributed by atoms with Crippen LogP contribution >= 0.6 is 0 Å². The highest BCUT2D eigenvalue weighted by molar-refractivity contribution is 5.92. The maximum atomic E-state index is 12.3. The molecule has 1 amide bonds. The number of methoxy groups -OCH3 is 2. The lowest BCUT2D eigenvalue weighted by Gasteiger charge is -2.34. The fraction of sp³-hybridized carbons (Fsp3) is 0.409. The van der Waals surface area contributed by atoms with Crippen molar-refractivity contribution in [3.05, 3.63) is 53.6 Å². The number of piperazine rings is 1. The van der Waals surface area contributed by atoms with Crippen LogP contribution in [0.25, 0.3) is 0 Å². The first-order valence-corrected chi connectivity index (χ1v) is 9.59. The van der Waals surface area contributed by atoms with E-state index in [0.717, 1.165) is 55.5 Å². The van der Waals surface area contributed by atoms with E-state index in [1.807, 2.05) is 49.4 Å². The third-order valence-corrected chi connectivity index (χ3v) is 5.05. The van der Waals surface area contributed by atoms with E-state index < -0.39 is 0 Å². The third-order valence-electron chi connectivity index (χ3n) is 5.05. The van der Waals surface area contributed by atoms with Gasteiger partial charge in [-0.05, 0) is 37.3 Å². The molecule has 2 aromatic rings. The molecule has 0 saturated carbocycles. The lowest BCUT2D eigenvalue weighted by Crippen LogP contribution is -2.48. The topological polar surface area (TPSA) is 54.0 Å². The average Bonchev–Trinajstić information content (AvgIpc) is 2.71. The van der Waals surface area contributed by atoms with Crippen LogP contribution in [0.15, 0.2) is 42.5 Å². The smallest absolute Gasteiger partial charge is 0.238 e. The highest BCUT2D eigenvalue weighted by Gasteiger charge is 2.20. The van der Waals surface area contributed by atoms with Crippen molar-refractivity contribution in [2.75, 3.05) is 52.3 Å². The van der Waals surface area contributed by atoms with E-state index in [4.69, 9.17) is 9.47 Å². The van der Waals surface area contributed by atoms with E-state index in [-0.39, 0.29) is 5.91 Å². The summed E-state index contributed by atoms with van der Waals surface area (Å²) >= 11 is 0. The zero-order valence-corrected chi connectivity index (χ0v) is 16.9. The quantitative estimate of drug-likeness (QED) is 0.797. The molecule has 0 unspecified atom stereocenters. The van der Waals surface area contributed by atoms with Crippen molar-refractivity contribution in [1.29, 1.82) is 0 Å². The Morgan fingerprint density at radius 3 is 2.29 bits per heavy atom. The first kappa shape index (κ1) is 20.2. The van der Waals surface area contributed by atoms with E-state index in [1.54, 1.807) is 14.2 Å². The second kappa shape index (κ2) is 9.57. The summed E-state index contributed by atoms with van der Waals surface area (Å²) in [6, 6.07) is 13.8. The van der Waals surface area contributed by atoms with E-state index in [0.29, 0.717) is 6.54 Å². The number of carbonyl (C=O) groups is 1. The van der Waals surface area contributed by atoms with E-state index in [9.17, 15) is 4.79 Å². The van der Waals surface area contributed by atoms with Crippen LogP contribution in [0.3, 0.4) is 0 Å². The lowest BCUT2D eigenvalue weighted by atomic mass is 10.1. The molecular formula is C22H29N3O3. The summed E-state index contributed by atoms with van der Waals surface area (Å²) in [7, 11) is 3.36. The third kappa shape index (κ3) is 5.47. The Morgan fingerprint density at radius 2 is 1.64 bits per heavy atom. The molecule has 1 aliphatic rings. The summed E-state index contributed by atoms with van der Waals surface area (Å²) < 4.78 is 10.8. The number of nitrogens with zero attached hydrogens (tertiary/aromatic N) is 2. The molecule has 0 aliphatic carbocycles. The first-order valence-electron chi connectivity index (χ1n) is 9.59. The van der Waals surface area contributed by atoms with Crippen molar-refractivity contribution in [2.45, 2.75) is 13.5 Å². The Bertz CT molecular complexity index is 784. The molecule has 150 valence electrons. The Hall–Kier alpha value is -2.57. The zero-order valence-electron chi connectivity index (χ0n) is 16.9.